The number of halogens is 2. The van der Waals surface area contributed by atoms with E-state index in [1.54, 1.807) is 20.8 Å². The van der Waals surface area contributed by atoms with E-state index >= 15 is 0 Å². The van der Waals surface area contributed by atoms with E-state index in [0.29, 0.717) is 19.4 Å². The van der Waals surface area contributed by atoms with Crippen LogP contribution in [0.25, 0.3) is 0 Å². The van der Waals surface area contributed by atoms with Gasteiger partial charge in [0.2, 0.25) is 5.78 Å². The molecule has 1 fully saturated rings. The van der Waals surface area contributed by atoms with Crippen LogP contribution in [0.1, 0.15) is 40.0 Å². The van der Waals surface area contributed by atoms with Gasteiger partial charge in [0, 0.05) is 19.0 Å². The zero-order chi connectivity index (χ0) is 16.2. The fourth-order valence-corrected chi connectivity index (χ4v) is 2.13. The van der Waals surface area contributed by atoms with Crippen molar-refractivity contribution in [2.75, 3.05) is 13.1 Å². The van der Waals surface area contributed by atoms with E-state index in [0.717, 1.165) is 0 Å². The minimum Gasteiger partial charge on any atom is -0.444 e. The molecule has 0 radical (unpaired) electrons. The maximum Gasteiger partial charge on any atom is 0.410 e. The predicted molar refractivity (Wildman–Crippen MR) is 71.2 cm³/mol. The summed E-state index contributed by atoms with van der Waals surface area (Å²) < 4.78 is 29.5. The molecule has 7 heteroatoms. The molecule has 0 bridgehead atoms. The molecule has 0 saturated carbocycles. The van der Waals surface area contributed by atoms with E-state index < -0.39 is 42.0 Å². The molecule has 0 N–H and O–H groups in total. The van der Waals surface area contributed by atoms with Crippen LogP contribution in [0.4, 0.5) is 13.6 Å². The Balaban J connectivity index is 2.57. The summed E-state index contributed by atoms with van der Waals surface area (Å²) in [6.07, 6.45) is -3.35. The van der Waals surface area contributed by atoms with Gasteiger partial charge in [-0.3, -0.25) is 9.59 Å². The van der Waals surface area contributed by atoms with Gasteiger partial charge in [0.25, 0.3) is 6.43 Å². The standard InChI is InChI=1S/C14H21F2NO4/c1-14(2,3)21-13(20)17-6-4-5-9(8-17)10(18)7-11(19)12(15)16/h9,12H,4-8H2,1-3H3. The Morgan fingerprint density at radius 3 is 2.43 bits per heavy atom. The van der Waals surface area contributed by atoms with Gasteiger partial charge < -0.3 is 9.64 Å². The Morgan fingerprint density at radius 2 is 1.90 bits per heavy atom. The molecule has 1 rings (SSSR count). The third-order valence-corrected chi connectivity index (χ3v) is 3.12. The van der Waals surface area contributed by atoms with Crippen LogP contribution in [0.2, 0.25) is 0 Å². The molecule has 0 aromatic carbocycles. The lowest BCUT2D eigenvalue weighted by atomic mass is 9.91. The molecular weight excluding hydrogens is 284 g/mol. The number of hydrogen-bond donors (Lipinski definition) is 0. The minimum absolute atomic E-state index is 0.115. The summed E-state index contributed by atoms with van der Waals surface area (Å²) in [5.74, 6) is -2.48. The number of piperidine rings is 1. The van der Waals surface area contributed by atoms with Gasteiger partial charge in [-0.15, -0.1) is 0 Å². The van der Waals surface area contributed by atoms with Gasteiger partial charge in [0.05, 0.1) is 6.42 Å². The summed E-state index contributed by atoms with van der Waals surface area (Å²) in [6, 6.07) is 0. The molecular formula is C14H21F2NO4. The number of ether oxygens (including phenoxy) is 1. The van der Waals surface area contributed by atoms with Gasteiger partial charge in [-0.2, -0.15) is 0 Å². The third-order valence-electron chi connectivity index (χ3n) is 3.12. The highest BCUT2D eigenvalue weighted by Gasteiger charge is 2.32. The molecule has 5 nitrogen and oxygen atoms in total. The van der Waals surface area contributed by atoms with Crippen LogP contribution in [-0.4, -0.2) is 47.7 Å². The Labute approximate surface area is 122 Å². The van der Waals surface area contributed by atoms with Crippen molar-refractivity contribution in [3.05, 3.63) is 0 Å². The molecule has 120 valence electrons. The summed E-state index contributed by atoms with van der Waals surface area (Å²) in [5, 5.41) is 0. The molecule has 1 unspecified atom stereocenters. The van der Waals surface area contributed by atoms with E-state index in [1.165, 1.54) is 4.90 Å². The molecule has 1 aliphatic heterocycles. The number of ketones is 2. The summed E-state index contributed by atoms with van der Waals surface area (Å²) in [5.41, 5.74) is -0.639. The molecule has 0 aromatic rings. The number of amides is 1. The normalized spacial score (nSPS) is 19.5. The number of hydrogen-bond acceptors (Lipinski definition) is 4. The molecule has 1 heterocycles. The first-order chi connectivity index (χ1) is 9.60. The Hall–Kier alpha value is -1.53. The van der Waals surface area contributed by atoms with Gasteiger partial charge in [0.1, 0.15) is 11.4 Å². The second kappa shape index (κ2) is 6.95. The van der Waals surface area contributed by atoms with Crippen molar-refractivity contribution in [1.29, 1.82) is 0 Å². The van der Waals surface area contributed by atoms with Crippen LogP contribution in [0.5, 0.6) is 0 Å². The monoisotopic (exact) mass is 305 g/mol. The van der Waals surface area contributed by atoms with Crippen LogP contribution in [0.15, 0.2) is 0 Å². The van der Waals surface area contributed by atoms with Crippen molar-refractivity contribution in [2.45, 2.75) is 52.1 Å². The van der Waals surface area contributed by atoms with Gasteiger partial charge >= 0.3 is 6.09 Å². The SMILES string of the molecule is CC(C)(C)OC(=O)N1CCCC(C(=O)CC(=O)C(F)F)C1. The fraction of sp³-hybridized carbons (Fsp3) is 0.786. The van der Waals surface area contributed by atoms with Crippen LogP contribution >= 0.6 is 0 Å². The summed E-state index contributed by atoms with van der Waals surface area (Å²) in [6.45, 7) is 5.78. The molecule has 0 spiro atoms. The first-order valence-electron chi connectivity index (χ1n) is 6.91. The quantitative estimate of drug-likeness (QED) is 0.748. The lowest BCUT2D eigenvalue weighted by Gasteiger charge is -2.33. The highest BCUT2D eigenvalue weighted by atomic mass is 19.3. The minimum atomic E-state index is -3.13. The van der Waals surface area contributed by atoms with E-state index in [4.69, 9.17) is 4.74 Å². The lowest BCUT2D eigenvalue weighted by molar-refractivity contribution is -0.136. The van der Waals surface area contributed by atoms with Crippen molar-refractivity contribution in [3.8, 4) is 0 Å². The molecule has 0 aromatic heterocycles. The van der Waals surface area contributed by atoms with E-state index in [-0.39, 0.29) is 6.54 Å². The number of carbonyl (C=O) groups excluding carboxylic acids is 3. The number of likely N-dealkylation sites (tertiary alicyclic amines) is 1. The Kier molecular flexibility index (Phi) is 5.80. The van der Waals surface area contributed by atoms with Crippen LogP contribution in [0, 0.1) is 5.92 Å². The summed E-state index contributed by atoms with van der Waals surface area (Å²) >= 11 is 0. The van der Waals surface area contributed by atoms with E-state index in [9.17, 15) is 23.2 Å². The second-order valence-electron chi connectivity index (χ2n) is 6.18. The van der Waals surface area contributed by atoms with Gasteiger partial charge in [-0.05, 0) is 33.6 Å². The highest BCUT2D eigenvalue weighted by Crippen LogP contribution is 2.21. The number of rotatable bonds is 4. The third kappa shape index (κ3) is 5.77. The molecule has 1 atom stereocenters. The van der Waals surface area contributed by atoms with Gasteiger partial charge in [-0.1, -0.05) is 0 Å². The molecule has 1 amide bonds. The van der Waals surface area contributed by atoms with E-state index in [2.05, 4.69) is 0 Å². The average Bonchev–Trinajstić information content (AvgIpc) is 2.36. The maximum absolute atomic E-state index is 12.2. The first kappa shape index (κ1) is 17.5. The fourth-order valence-electron chi connectivity index (χ4n) is 2.13. The Morgan fingerprint density at radius 1 is 1.29 bits per heavy atom. The second-order valence-corrected chi connectivity index (χ2v) is 6.18. The summed E-state index contributed by atoms with van der Waals surface area (Å²) in [7, 11) is 0. The molecule has 21 heavy (non-hydrogen) atoms. The maximum atomic E-state index is 12.2. The topological polar surface area (TPSA) is 63.7 Å². The number of alkyl halides is 2. The van der Waals surface area contributed by atoms with Crippen LogP contribution < -0.4 is 0 Å². The largest absolute Gasteiger partial charge is 0.444 e. The lowest BCUT2D eigenvalue weighted by Crippen LogP contribution is -2.45. The number of nitrogens with zero attached hydrogens (tertiary/aromatic N) is 1. The molecule has 1 aliphatic rings. The highest BCUT2D eigenvalue weighted by molar-refractivity contribution is 6.01. The van der Waals surface area contributed by atoms with Crippen LogP contribution in [0.3, 0.4) is 0 Å². The van der Waals surface area contributed by atoms with E-state index in [1.807, 2.05) is 0 Å². The van der Waals surface area contributed by atoms with Crippen molar-refractivity contribution < 1.29 is 27.9 Å². The van der Waals surface area contributed by atoms with Crippen molar-refractivity contribution in [2.24, 2.45) is 5.92 Å². The van der Waals surface area contributed by atoms with Crippen molar-refractivity contribution >= 4 is 17.7 Å². The zero-order valence-corrected chi connectivity index (χ0v) is 12.5. The zero-order valence-electron chi connectivity index (χ0n) is 12.5. The first-order valence-corrected chi connectivity index (χ1v) is 6.91. The average molecular weight is 305 g/mol. The Bertz CT molecular complexity index is 418. The number of Topliss-reactive ketones (excluding diaryl/α,β-unsaturated/α-hetero) is 2. The van der Waals surface area contributed by atoms with Gasteiger partial charge in [0.15, 0.2) is 0 Å². The summed E-state index contributed by atoms with van der Waals surface area (Å²) in [4.78, 5) is 36.1. The van der Waals surface area contributed by atoms with Crippen molar-refractivity contribution in [3.63, 3.8) is 0 Å². The predicted octanol–water partition coefficient (Wildman–Crippen LogP) is 2.43. The van der Waals surface area contributed by atoms with Crippen molar-refractivity contribution in [1.82, 2.24) is 4.90 Å². The number of carbonyl (C=O) groups is 3. The smallest absolute Gasteiger partial charge is 0.410 e. The molecule has 0 aliphatic carbocycles. The van der Waals surface area contributed by atoms with Gasteiger partial charge in [-0.25, -0.2) is 13.6 Å². The molecule has 1 saturated heterocycles. The van der Waals surface area contributed by atoms with Crippen LogP contribution in [-0.2, 0) is 14.3 Å².